The number of benzene rings is 1. The summed E-state index contributed by atoms with van der Waals surface area (Å²) in [6, 6.07) is 5.01. The summed E-state index contributed by atoms with van der Waals surface area (Å²) in [6.07, 6.45) is 5.18. The number of halogens is 1. The number of hydrogen-bond acceptors (Lipinski definition) is 3. The molecule has 0 heterocycles. The molecule has 0 spiro atoms. The first-order valence-electron chi connectivity index (χ1n) is 6.74. The van der Waals surface area contributed by atoms with Crippen LogP contribution in [0, 0.1) is 16.0 Å². The molecule has 1 N–H and O–H groups in total. The number of nitrogens with one attached hydrogen (secondary N) is 1. The number of nitro groups is 1. The average Bonchev–Trinajstić information content (AvgIpc) is 2.91. The Morgan fingerprint density at radius 3 is 2.79 bits per heavy atom. The number of rotatable bonds is 5. The standard InChI is InChI=1S/C14H19ClN2O2/c1-10(11-4-2-3-5-11)16-9-12-8-13(17(18)19)6-7-14(12)15/h6-8,10-11,16H,2-5,9H2,1H3/t10-/m0/s1. The second kappa shape index (κ2) is 6.35. The molecule has 1 saturated carbocycles. The van der Waals surface area contributed by atoms with E-state index in [1.54, 1.807) is 12.1 Å². The quantitative estimate of drug-likeness (QED) is 0.658. The molecule has 0 aliphatic heterocycles. The second-order valence-corrected chi connectivity index (χ2v) is 5.65. The summed E-state index contributed by atoms with van der Waals surface area (Å²) in [4.78, 5) is 10.4. The van der Waals surface area contributed by atoms with Crippen LogP contribution in [0.4, 0.5) is 5.69 Å². The highest BCUT2D eigenvalue weighted by Crippen LogP contribution is 2.28. The third-order valence-corrected chi connectivity index (χ3v) is 4.33. The van der Waals surface area contributed by atoms with Crippen molar-refractivity contribution >= 4 is 17.3 Å². The molecule has 1 atom stereocenters. The Labute approximate surface area is 118 Å². The SMILES string of the molecule is C[C@H](NCc1cc([N+](=O)[O-])ccc1Cl)C1CCCC1. The van der Waals surface area contributed by atoms with E-state index < -0.39 is 0 Å². The fourth-order valence-electron chi connectivity index (χ4n) is 2.71. The van der Waals surface area contributed by atoms with Crippen LogP contribution in [-0.4, -0.2) is 11.0 Å². The fourth-order valence-corrected chi connectivity index (χ4v) is 2.89. The molecule has 1 aliphatic carbocycles. The van der Waals surface area contributed by atoms with Crippen molar-refractivity contribution in [1.29, 1.82) is 0 Å². The van der Waals surface area contributed by atoms with Crippen molar-refractivity contribution in [2.45, 2.75) is 45.2 Å². The molecule has 0 unspecified atom stereocenters. The van der Waals surface area contributed by atoms with Crippen molar-refractivity contribution in [3.05, 3.63) is 38.9 Å². The zero-order chi connectivity index (χ0) is 13.8. The third-order valence-electron chi connectivity index (χ3n) is 3.96. The lowest BCUT2D eigenvalue weighted by Gasteiger charge is -2.20. The number of hydrogen-bond donors (Lipinski definition) is 1. The van der Waals surface area contributed by atoms with Crippen LogP contribution < -0.4 is 5.32 Å². The number of nitrogens with zero attached hydrogens (tertiary/aromatic N) is 1. The second-order valence-electron chi connectivity index (χ2n) is 5.25. The van der Waals surface area contributed by atoms with Crippen LogP contribution in [0.15, 0.2) is 18.2 Å². The monoisotopic (exact) mass is 282 g/mol. The minimum absolute atomic E-state index is 0.0923. The van der Waals surface area contributed by atoms with E-state index in [1.807, 2.05) is 0 Å². The number of non-ortho nitro benzene ring substituents is 1. The van der Waals surface area contributed by atoms with Gasteiger partial charge in [0.05, 0.1) is 4.92 Å². The van der Waals surface area contributed by atoms with E-state index in [0.717, 1.165) is 11.5 Å². The van der Waals surface area contributed by atoms with Crippen LogP contribution >= 0.6 is 11.6 Å². The minimum Gasteiger partial charge on any atom is -0.310 e. The van der Waals surface area contributed by atoms with E-state index >= 15 is 0 Å². The third kappa shape index (κ3) is 3.67. The predicted octanol–water partition coefficient (Wildman–Crippen LogP) is 3.92. The van der Waals surface area contributed by atoms with E-state index in [9.17, 15) is 10.1 Å². The summed E-state index contributed by atoms with van der Waals surface area (Å²) in [5, 5.41) is 14.8. The molecule has 5 heteroatoms. The highest BCUT2D eigenvalue weighted by molar-refractivity contribution is 6.31. The Morgan fingerprint density at radius 1 is 1.47 bits per heavy atom. The number of nitro benzene ring substituents is 1. The van der Waals surface area contributed by atoms with Crippen LogP contribution in [0.25, 0.3) is 0 Å². The molecule has 0 bridgehead atoms. The van der Waals surface area contributed by atoms with Crippen LogP contribution in [0.1, 0.15) is 38.2 Å². The molecule has 1 aromatic rings. The van der Waals surface area contributed by atoms with Gasteiger partial charge in [0, 0.05) is 29.7 Å². The van der Waals surface area contributed by atoms with Crippen LogP contribution in [-0.2, 0) is 6.54 Å². The summed E-state index contributed by atoms with van der Waals surface area (Å²) in [5.41, 5.74) is 0.885. The van der Waals surface area contributed by atoms with Gasteiger partial charge in [-0.25, -0.2) is 0 Å². The molecular weight excluding hydrogens is 264 g/mol. The van der Waals surface area contributed by atoms with Crippen molar-refractivity contribution in [2.24, 2.45) is 5.92 Å². The molecule has 1 fully saturated rings. The predicted molar refractivity (Wildman–Crippen MR) is 76.4 cm³/mol. The highest BCUT2D eigenvalue weighted by Gasteiger charge is 2.21. The molecule has 19 heavy (non-hydrogen) atoms. The van der Waals surface area contributed by atoms with Gasteiger partial charge < -0.3 is 5.32 Å². The van der Waals surface area contributed by atoms with Gasteiger partial charge in [0.2, 0.25) is 0 Å². The van der Waals surface area contributed by atoms with E-state index in [0.29, 0.717) is 17.6 Å². The Bertz CT molecular complexity index is 459. The molecule has 1 aliphatic rings. The Morgan fingerprint density at radius 2 is 2.16 bits per heavy atom. The van der Waals surface area contributed by atoms with Gasteiger partial charge >= 0.3 is 0 Å². The van der Waals surface area contributed by atoms with Crippen LogP contribution in [0.5, 0.6) is 0 Å². The van der Waals surface area contributed by atoms with Crippen molar-refractivity contribution < 1.29 is 4.92 Å². The summed E-state index contributed by atoms with van der Waals surface area (Å²) in [7, 11) is 0. The van der Waals surface area contributed by atoms with Gasteiger partial charge in [-0.3, -0.25) is 10.1 Å². The minimum atomic E-state index is -0.389. The van der Waals surface area contributed by atoms with Crippen LogP contribution in [0.2, 0.25) is 5.02 Å². The van der Waals surface area contributed by atoms with Gasteiger partial charge in [0.1, 0.15) is 0 Å². The van der Waals surface area contributed by atoms with Crippen LogP contribution in [0.3, 0.4) is 0 Å². The lowest BCUT2D eigenvalue weighted by Crippen LogP contribution is -2.31. The summed E-state index contributed by atoms with van der Waals surface area (Å²) >= 11 is 6.08. The molecule has 2 rings (SSSR count). The summed E-state index contributed by atoms with van der Waals surface area (Å²) in [6.45, 7) is 2.76. The molecule has 104 valence electrons. The zero-order valence-electron chi connectivity index (χ0n) is 11.1. The Hall–Kier alpha value is -1.13. The smallest absolute Gasteiger partial charge is 0.269 e. The topological polar surface area (TPSA) is 55.2 Å². The maximum absolute atomic E-state index is 10.8. The van der Waals surface area contributed by atoms with Crippen molar-refractivity contribution in [2.75, 3.05) is 0 Å². The summed E-state index contributed by atoms with van der Waals surface area (Å²) < 4.78 is 0. The molecule has 0 amide bonds. The Balaban J connectivity index is 1.98. The first-order valence-corrected chi connectivity index (χ1v) is 7.12. The maximum Gasteiger partial charge on any atom is 0.269 e. The van der Waals surface area contributed by atoms with Gasteiger partial charge in [-0.1, -0.05) is 24.4 Å². The lowest BCUT2D eigenvalue weighted by molar-refractivity contribution is -0.384. The zero-order valence-corrected chi connectivity index (χ0v) is 11.8. The average molecular weight is 283 g/mol. The van der Waals surface area contributed by atoms with Gasteiger partial charge in [0.25, 0.3) is 5.69 Å². The van der Waals surface area contributed by atoms with Gasteiger partial charge in [-0.15, -0.1) is 0 Å². The van der Waals surface area contributed by atoms with Gasteiger partial charge in [0.15, 0.2) is 0 Å². The molecule has 4 nitrogen and oxygen atoms in total. The largest absolute Gasteiger partial charge is 0.310 e. The Kier molecular flexibility index (Phi) is 4.77. The molecular formula is C14H19ClN2O2. The van der Waals surface area contributed by atoms with Crippen molar-refractivity contribution in [3.8, 4) is 0 Å². The van der Waals surface area contributed by atoms with Crippen molar-refractivity contribution in [1.82, 2.24) is 5.32 Å². The maximum atomic E-state index is 10.8. The normalized spacial score (nSPS) is 17.6. The van der Waals surface area contributed by atoms with E-state index in [2.05, 4.69) is 12.2 Å². The molecule has 1 aromatic carbocycles. The van der Waals surface area contributed by atoms with Gasteiger partial charge in [-0.2, -0.15) is 0 Å². The first kappa shape index (κ1) is 14.3. The van der Waals surface area contributed by atoms with Crippen molar-refractivity contribution in [3.63, 3.8) is 0 Å². The van der Waals surface area contributed by atoms with E-state index in [4.69, 9.17) is 11.6 Å². The summed E-state index contributed by atoms with van der Waals surface area (Å²) in [5.74, 6) is 0.720. The highest BCUT2D eigenvalue weighted by atomic mass is 35.5. The van der Waals surface area contributed by atoms with E-state index in [1.165, 1.54) is 31.7 Å². The molecule has 0 saturated heterocycles. The van der Waals surface area contributed by atoms with E-state index in [-0.39, 0.29) is 10.6 Å². The van der Waals surface area contributed by atoms with Gasteiger partial charge in [-0.05, 0) is 37.3 Å². The first-order chi connectivity index (χ1) is 9.08. The molecule has 0 aromatic heterocycles. The lowest BCUT2D eigenvalue weighted by atomic mass is 9.99. The fraction of sp³-hybridized carbons (Fsp3) is 0.571. The molecule has 0 radical (unpaired) electrons.